The van der Waals surface area contributed by atoms with E-state index in [0.717, 1.165) is 38.3 Å². The summed E-state index contributed by atoms with van der Waals surface area (Å²) >= 11 is 0. The molecule has 2 aliphatic heterocycles. The number of nitrogens with zero attached hydrogens (tertiary/aromatic N) is 3. The highest BCUT2D eigenvalue weighted by atomic mass is 19.4. The number of ether oxygens (including phenoxy) is 2. The molecule has 128 valence electrons. The van der Waals surface area contributed by atoms with Gasteiger partial charge in [-0.3, -0.25) is 4.90 Å². The number of rotatable bonds is 5. The summed E-state index contributed by atoms with van der Waals surface area (Å²) in [5.74, 6) is 0.126. The number of aromatic nitrogens is 2. The molecule has 2 fully saturated rings. The lowest BCUT2D eigenvalue weighted by atomic mass is 9.95. The summed E-state index contributed by atoms with van der Waals surface area (Å²) in [7, 11) is 1.72. The van der Waals surface area contributed by atoms with Gasteiger partial charge in [0.1, 0.15) is 6.61 Å². The van der Waals surface area contributed by atoms with Crippen LogP contribution in [-0.2, 0) is 10.9 Å². The van der Waals surface area contributed by atoms with Crippen LogP contribution >= 0.6 is 0 Å². The van der Waals surface area contributed by atoms with Crippen LogP contribution in [0.4, 0.5) is 13.2 Å². The second-order valence-corrected chi connectivity index (χ2v) is 6.21. The van der Waals surface area contributed by atoms with E-state index in [1.807, 2.05) is 0 Å². The molecule has 3 rings (SSSR count). The molecule has 1 aromatic heterocycles. The normalized spacial score (nSPS) is 28.1. The smallest absolute Gasteiger partial charge is 0.435 e. The van der Waals surface area contributed by atoms with Gasteiger partial charge in [-0.25, -0.2) is 0 Å². The van der Waals surface area contributed by atoms with Crippen molar-refractivity contribution in [3.63, 3.8) is 0 Å². The molecule has 2 unspecified atom stereocenters. The van der Waals surface area contributed by atoms with Crippen molar-refractivity contribution in [2.45, 2.75) is 43.4 Å². The van der Waals surface area contributed by atoms with Crippen LogP contribution in [-0.4, -0.2) is 53.5 Å². The van der Waals surface area contributed by atoms with Crippen LogP contribution in [0.1, 0.15) is 31.4 Å². The first-order valence-electron chi connectivity index (χ1n) is 7.74. The van der Waals surface area contributed by atoms with Gasteiger partial charge in [0.2, 0.25) is 5.88 Å². The van der Waals surface area contributed by atoms with Crippen molar-refractivity contribution >= 4 is 0 Å². The van der Waals surface area contributed by atoms with E-state index in [0.29, 0.717) is 13.2 Å². The second-order valence-electron chi connectivity index (χ2n) is 6.21. The molecule has 2 aliphatic rings. The van der Waals surface area contributed by atoms with E-state index in [4.69, 9.17) is 9.47 Å². The van der Waals surface area contributed by atoms with E-state index in [1.165, 1.54) is 6.07 Å². The molecule has 23 heavy (non-hydrogen) atoms. The predicted octanol–water partition coefficient (Wildman–Crippen LogP) is 2.52. The van der Waals surface area contributed by atoms with Gasteiger partial charge < -0.3 is 9.47 Å². The second kappa shape index (κ2) is 6.24. The van der Waals surface area contributed by atoms with Crippen LogP contribution < -0.4 is 4.74 Å². The molecule has 0 aliphatic carbocycles. The number of alkyl halides is 3. The van der Waals surface area contributed by atoms with Crippen molar-refractivity contribution in [3.05, 3.63) is 17.8 Å². The molecular formula is C15H20F3N3O2. The van der Waals surface area contributed by atoms with Crippen LogP contribution in [0.15, 0.2) is 12.1 Å². The summed E-state index contributed by atoms with van der Waals surface area (Å²) in [6, 6.07) is 2.36. The van der Waals surface area contributed by atoms with E-state index in [1.54, 1.807) is 7.11 Å². The molecule has 0 radical (unpaired) electrons. The maximum absolute atomic E-state index is 12.5. The van der Waals surface area contributed by atoms with Gasteiger partial charge in [-0.05, 0) is 38.3 Å². The third-order valence-corrected chi connectivity index (χ3v) is 4.80. The number of hydrogen-bond acceptors (Lipinski definition) is 5. The average molecular weight is 331 g/mol. The van der Waals surface area contributed by atoms with Crippen LogP contribution in [0.5, 0.6) is 5.88 Å². The van der Waals surface area contributed by atoms with Gasteiger partial charge in [-0.2, -0.15) is 13.2 Å². The van der Waals surface area contributed by atoms with Crippen molar-refractivity contribution in [2.75, 3.05) is 26.9 Å². The molecule has 2 atom stereocenters. The van der Waals surface area contributed by atoms with E-state index < -0.39 is 11.9 Å². The van der Waals surface area contributed by atoms with Crippen LogP contribution in [0.2, 0.25) is 0 Å². The van der Waals surface area contributed by atoms with Gasteiger partial charge in [-0.15, -0.1) is 10.2 Å². The largest absolute Gasteiger partial charge is 0.475 e. The molecule has 0 amide bonds. The van der Waals surface area contributed by atoms with Crippen LogP contribution in [0, 0.1) is 0 Å². The zero-order valence-corrected chi connectivity index (χ0v) is 13.0. The summed E-state index contributed by atoms with van der Waals surface area (Å²) in [6.07, 6.45) is -0.158. The van der Waals surface area contributed by atoms with Gasteiger partial charge in [0, 0.05) is 24.8 Å². The Morgan fingerprint density at radius 2 is 2.13 bits per heavy atom. The third-order valence-electron chi connectivity index (χ3n) is 4.80. The minimum absolute atomic E-state index is 0.106. The molecule has 0 N–H and O–H groups in total. The highest BCUT2D eigenvalue weighted by Gasteiger charge is 2.49. The third kappa shape index (κ3) is 3.28. The maximum atomic E-state index is 12.5. The fourth-order valence-corrected chi connectivity index (χ4v) is 3.79. The van der Waals surface area contributed by atoms with Gasteiger partial charge >= 0.3 is 6.18 Å². The lowest BCUT2D eigenvalue weighted by Gasteiger charge is -2.34. The molecule has 0 spiro atoms. The van der Waals surface area contributed by atoms with Crippen molar-refractivity contribution in [1.29, 1.82) is 0 Å². The Bertz CT molecular complexity index is 538. The fraction of sp³-hybridized carbons (Fsp3) is 0.733. The fourth-order valence-electron chi connectivity index (χ4n) is 3.79. The monoisotopic (exact) mass is 331 g/mol. The Morgan fingerprint density at radius 3 is 2.78 bits per heavy atom. The summed E-state index contributed by atoms with van der Waals surface area (Å²) < 4.78 is 48.3. The summed E-state index contributed by atoms with van der Waals surface area (Å²) in [5, 5.41) is 6.68. The molecule has 5 nitrogen and oxygen atoms in total. The standard InChI is InChI=1S/C15H20F3N3O2/c1-22-10-14-6-2-8-21(14)11(5-7-14)9-23-13-4-3-12(19-20-13)15(16,17)18/h3-4,11H,2,5-10H2,1H3. The van der Waals surface area contributed by atoms with Crippen molar-refractivity contribution in [2.24, 2.45) is 0 Å². The van der Waals surface area contributed by atoms with Gasteiger partial charge in [0.15, 0.2) is 5.69 Å². The molecule has 0 saturated carbocycles. The Morgan fingerprint density at radius 1 is 1.30 bits per heavy atom. The van der Waals surface area contributed by atoms with E-state index >= 15 is 0 Å². The molecule has 1 aromatic rings. The van der Waals surface area contributed by atoms with Crippen molar-refractivity contribution in [3.8, 4) is 5.88 Å². The molecule has 0 bridgehead atoms. The summed E-state index contributed by atoms with van der Waals surface area (Å²) in [6.45, 7) is 2.13. The minimum Gasteiger partial charge on any atom is -0.475 e. The SMILES string of the molecule is COCC12CCCN1C(COc1ccc(C(F)(F)F)nn1)CC2. The minimum atomic E-state index is -4.48. The zero-order chi connectivity index (χ0) is 16.5. The number of methoxy groups -OCH3 is 1. The van der Waals surface area contributed by atoms with E-state index in [-0.39, 0.29) is 17.5 Å². The van der Waals surface area contributed by atoms with E-state index in [9.17, 15) is 13.2 Å². The van der Waals surface area contributed by atoms with E-state index in [2.05, 4.69) is 15.1 Å². The summed E-state index contributed by atoms with van der Waals surface area (Å²) in [4.78, 5) is 2.42. The molecule has 3 heterocycles. The van der Waals surface area contributed by atoms with Crippen molar-refractivity contribution < 1.29 is 22.6 Å². The van der Waals surface area contributed by atoms with Crippen molar-refractivity contribution in [1.82, 2.24) is 15.1 Å². The quantitative estimate of drug-likeness (QED) is 0.830. The highest BCUT2D eigenvalue weighted by Crippen LogP contribution is 2.42. The first kappa shape index (κ1) is 16.4. The Balaban J connectivity index is 1.59. The number of hydrogen-bond donors (Lipinski definition) is 0. The average Bonchev–Trinajstić information content (AvgIpc) is 3.04. The van der Waals surface area contributed by atoms with Gasteiger partial charge in [-0.1, -0.05) is 0 Å². The Kier molecular flexibility index (Phi) is 4.46. The first-order chi connectivity index (χ1) is 10.9. The molecule has 2 saturated heterocycles. The predicted molar refractivity (Wildman–Crippen MR) is 76.1 cm³/mol. The van der Waals surface area contributed by atoms with Crippen LogP contribution in [0.3, 0.4) is 0 Å². The topological polar surface area (TPSA) is 47.5 Å². The maximum Gasteiger partial charge on any atom is 0.435 e. The Hall–Kier alpha value is -1.41. The lowest BCUT2D eigenvalue weighted by molar-refractivity contribution is -0.141. The number of halogens is 3. The molecular weight excluding hydrogens is 311 g/mol. The lowest BCUT2D eigenvalue weighted by Crippen LogP contribution is -2.47. The van der Waals surface area contributed by atoms with Crippen LogP contribution in [0.25, 0.3) is 0 Å². The molecule has 8 heteroatoms. The number of fused-ring (bicyclic) bond motifs is 1. The highest BCUT2D eigenvalue weighted by molar-refractivity contribution is 5.14. The van der Waals surface area contributed by atoms with Gasteiger partial charge in [0.05, 0.1) is 6.61 Å². The van der Waals surface area contributed by atoms with Gasteiger partial charge in [0.25, 0.3) is 0 Å². The zero-order valence-electron chi connectivity index (χ0n) is 13.0. The summed E-state index contributed by atoms with van der Waals surface area (Å²) in [5.41, 5.74) is -0.904. The first-order valence-corrected chi connectivity index (χ1v) is 7.74. The Labute approximate surface area is 132 Å². The molecule has 0 aromatic carbocycles.